The highest BCUT2D eigenvalue weighted by Crippen LogP contribution is 2.54. The average Bonchev–Trinajstić information content (AvgIpc) is 3.89. The zero-order valence-electron chi connectivity index (χ0n) is 37.1. The Morgan fingerprint density at radius 2 is 1.54 bits per heavy atom. The van der Waals surface area contributed by atoms with Gasteiger partial charge in [-0.2, -0.15) is 5.26 Å². The Kier molecular flexibility index (Phi) is 12.6. The van der Waals surface area contributed by atoms with Crippen molar-refractivity contribution >= 4 is 23.4 Å². The molecule has 59 heavy (non-hydrogen) atoms. The van der Waals surface area contributed by atoms with Gasteiger partial charge in [0, 0.05) is 79.5 Å². The summed E-state index contributed by atoms with van der Waals surface area (Å²) in [5.74, 6) is 1.90. The predicted molar refractivity (Wildman–Crippen MR) is 233 cm³/mol. The molecule has 3 aliphatic carbocycles. The van der Waals surface area contributed by atoms with Crippen LogP contribution in [-0.2, 0) is 14.3 Å². The highest BCUT2D eigenvalue weighted by Gasteiger charge is 2.60. The first kappa shape index (κ1) is 42.9. The molecule has 0 aromatic carbocycles. The summed E-state index contributed by atoms with van der Waals surface area (Å²) in [5.41, 5.74) is 16.2. The summed E-state index contributed by atoms with van der Waals surface area (Å²) >= 11 is 2.19. The van der Waals surface area contributed by atoms with Gasteiger partial charge in [-0.1, -0.05) is 27.7 Å². The summed E-state index contributed by atoms with van der Waals surface area (Å²) in [6.07, 6.45) is 14.6. The summed E-state index contributed by atoms with van der Waals surface area (Å²) in [4.78, 5) is 27.3. The van der Waals surface area contributed by atoms with Crippen molar-refractivity contribution in [3.63, 3.8) is 0 Å². The minimum Gasteiger partial charge on any atom is -0.380 e. The number of fused-ring (bicyclic) bond motifs is 4. The van der Waals surface area contributed by atoms with Gasteiger partial charge in [-0.25, -0.2) is 21.7 Å². The largest absolute Gasteiger partial charge is 0.380 e. The van der Waals surface area contributed by atoms with Gasteiger partial charge < -0.3 is 14.8 Å². The Labute approximate surface area is 359 Å². The molecular formula is C45H76N10O3S. The molecule has 3 saturated carbocycles. The van der Waals surface area contributed by atoms with E-state index < -0.39 is 0 Å². The molecule has 0 spiro atoms. The van der Waals surface area contributed by atoms with Gasteiger partial charge in [0.15, 0.2) is 0 Å². The quantitative estimate of drug-likeness (QED) is 0.234. The number of ether oxygens (including phenoxy) is 2. The molecule has 9 rings (SSSR count). The Hall–Kier alpha value is -1.38. The highest BCUT2D eigenvalue weighted by atomic mass is 32.2. The molecule has 0 aromatic rings. The minimum atomic E-state index is -0.202. The van der Waals surface area contributed by atoms with E-state index in [0.717, 1.165) is 70.9 Å². The number of nitrogens with zero attached hydrogens (tertiary/aromatic N) is 5. The van der Waals surface area contributed by atoms with Gasteiger partial charge in [-0.05, 0) is 103 Å². The Morgan fingerprint density at radius 3 is 2.20 bits per heavy atom. The van der Waals surface area contributed by atoms with Crippen LogP contribution in [0.4, 0.5) is 0 Å². The number of hydrogen-bond acceptors (Lipinski definition) is 13. The second kappa shape index (κ2) is 17.3. The van der Waals surface area contributed by atoms with E-state index in [9.17, 15) is 10.1 Å². The first-order valence-electron chi connectivity index (χ1n) is 23.8. The summed E-state index contributed by atoms with van der Waals surface area (Å²) in [7, 11) is 1.70. The summed E-state index contributed by atoms with van der Waals surface area (Å²) < 4.78 is 12.1. The molecule has 0 aromatic heterocycles. The lowest BCUT2D eigenvalue weighted by molar-refractivity contribution is -0.126. The Bertz CT molecular complexity index is 1560. The van der Waals surface area contributed by atoms with Gasteiger partial charge >= 0.3 is 0 Å². The third-order valence-electron chi connectivity index (χ3n) is 17.4. The van der Waals surface area contributed by atoms with E-state index in [2.05, 4.69) is 101 Å². The minimum absolute atomic E-state index is 0.0264. The van der Waals surface area contributed by atoms with Crippen LogP contribution >= 0.6 is 11.8 Å². The second-order valence-electron chi connectivity index (χ2n) is 21.2. The number of methoxy groups -OCH3 is 1. The number of amides is 1. The van der Waals surface area contributed by atoms with Crippen molar-refractivity contribution in [3.05, 3.63) is 0 Å². The number of carbonyl (C=O) groups excluding carboxylic acids is 1. The molecule has 0 radical (unpaired) electrons. The van der Waals surface area contributed by atoms with Crippen molar-refractivity contribution in [2.45, 2.75) is 197 Å². The van der Waals surface area contributed by atoms with Crippen molar-refractivity contribution < 1.29 is 14.3 Å². The van der Waals surface area contributed by atoms with Crippen LogP contribution in [0.25, 0.3) is 0 Å². The first-order valence-corrected chi connectivity index (χ1v) is 24.7. The molecule has 6 aliphatic heterocycles. The van der Waals surface area contributed by atoms with E-state index in [-0.39, 0.29) is 71.4 Å². The van der Waals surface area contributed by atoms with Gasteiger partial charge in [-0.3, -0.25) is 24.5 Å². The maximum atomic E-state index is 13.4. The monoisotopic (exact) mass is 837 g/mol. The van der Waals surface area contributed by atoms with E-state index in [4.69, 9.17) is 14.5 Å². The van der Waals surface area contributed by atoms with E-state index in [1.54, 1.807) is 12.8 Å². The Morgan fingerprint density at radius 1 is 0.847 bits per heavy atom. The van der Waals surface area contributed by atoms with Crippen LogP contribution in [0.2, 0.25) is 0 Å². The number of hydrazine groups is 2. The van der Waals surface area contributed by atoms with Crippen LogP contribution < -0.4 is 27.0 Å². The van der Waals surface area contributed by atoms with Gasteiger partial charge in [0.05, 0.1) is 60.2 Å². The smallest absolute Gasteiger partial charge is 0.238 e. The molecule has 14 atom stereocenters. The molecule has 5 N–H and O–H groups in total. The number of aliphatic imine (C=N–C) groups is 1. The molecular weight excluding hydrogens is 761 g/mol. The molecule has 330 valence electrons. The van der Waals surface area contributed by atoms with Crippen molar-refractivity contribution in [1.82, 2.24) is 41.7 Å². The van der Waals surface area contributed by atoms with Crippen LogP contribution in [0, 0.1) is 45.8 Å². The molecule has 13 nitrogen and oxygen atoms in total. The summed E-state index contributed by atoms with van der Waals surface area (Å²) in [6, 6.07) is 3.33. The van der Waals surface area contributed by atoms with Crippen molar-refractivity contribution in [2.24, 2.45) is 39.5 Å². The van der Waals surface area contributed by atoms with Gasteiger partial charge in [0.2, 0.25) is 5.91 Å². The van der Waals surface area contributed by atoms with Crippen LogP contribution in [0.1, 0.15) is 125 Å². The van der Waals surface area contributed by atoms with E-state index in [0.29, 0.717) is 40.6 Å². The third-order valence-corrected chi connectivity index (χ3v) is 19.1. The van der Waals surface area contributed by atoms with Crippen LogP contribution in [0.5, 0.6) is 0 Å². The summed E-state index contributed by atoms with van der Waals surface area (Å²) in [6.45, 7) is 19.3. The lowest BCUT2D eigenvalue weighted by Crippen LogP contribution is -2.62. The van der Waals surface area contributed by atoms with E-state index >= 15 is 0 Å². The van der Waals surface area contributed by atoms with Crippen LogP contribution in [-0.4, -0.2) is 131 Å². The van der Waals surface area contributed by atoms with E-state index in [1.165, 1.54) is 38.8 Å². The third kappa shape index (κ3) is 8.19. The van der Waals surface area contributed by atoms with Crippen molar-refractivity contribution in [1.29, 1.82) is 5.26 Å². The fraction of sp³-hybridized carbons (Fsp3) is 0.933. The maximum Gasteiger partial charge on any atom is 0.238 e. The number of carbonyl (C=O) groups is 1. The molecule has 6 heterocycles. The predicted octanol–water partition coefficient (Wildman–Crippen LogP) is 4.56. The lowest BCUT2D eigenvalue weighted by Gasteiger charge is -2.40. The van der Waals surface area contributed by atoms with Crippen LogP contribution in [0.15, 0.2) is 4.99 Å². The summed E-state index contributed by atoms with van der Waals surface area (Å²) in [5, 5.41) is 13.9. The lowest BCUT2D eigenvalue weighted by atomic mass is 9.71. The van der Waals surface area contributed by atoms with Crippen molar-refractivity contribution in [2.75, 3.05) is 33.3 Å². The molecule has 5 saturated heterocycles. The first-order chi connectivity index (χ1) is 28.4. The number of rotatable bonds is 8. The van der Waals surface area contributed by atoms with Gasteiger partial charge in [0.25, 0.3) is 0 Å². The zero-order valence-corrected chi connectivity index (χ0v) is 37.9. The second-order valence-corrected chi connectivity index (χ2v) is 22.7. The maximum absolute atomic E-state index is 13.4. The van der Waals surface area contributed by atoms with Crippen LogP contribution in [0.3, 0.4) is 0 Å². The fourth-order valence-electron chi connectivity index (χ4n) is 13.4. The Balaban J connectivity index is 0.717. The molecule has 11 unspecified atom stereocenters. The molecule has 14 heteroatoms. The van der Waals surface area contributed by atoms with Gasteiger partial charge in [-0.15, -0.1) is 11.8 Å². The SMILES string of the molecule is COC1CC(OC2CCC(NC(=O)C3CCC(N4C[C@]5(C)CN(C6CCC(C7=N[C@@H](C)C8NNC(C)N8C8SC(C)C(C)C78)CC6)C[C@]5(C)C4)NN3)CC2)CCC1C#N. The number of nitriles is 1. The topological polar surface area (TPSA) is 142 Å². The molecule has 1 amide bonds. The van der Waals surface area contributed by atoms with Gasteiger partial charge in [0.1, 0.15) is 6.04 Å². The number of likely N-dealkylation sites (tertiary alicyclic amines) is 2. The fourth-order valence-corrected chi connectivity index (χ4v) is 15.3. The van der Waals surface area contributed by atoms with Crippen molar-refractivity contribution in [3.8, 4) is 6.07 Å². The molecule has 8 fully saturated rings. The van der Waals surface area contributed by atoms with E-state index in [1.807, 2.05) is 0 Å². The normalized spacial score (nSPS) is 49.7. The molecule has 9 aliphatic rings. The number of nitrogens with one attached hydrogen (secondary N) is 5. The number of hydrogen-bond donors (Lipinski definition) is 5. The number of thioether (sulfide) groups is 1. The molecule has 0 bridgehead atoms. The zero-order chi connectivity index (χ0) is 41.2. The average molecular weight is 837 g/mol. The standard InChI is InChI=1S/C45H76N10O3S/c1-26-28(3)59-43-39(26)40(47-27(2)41-52-49-29(4)55(41)43)30-8-13-33(14-9-30)53-22-44(5)24-54(25-45(44,6)23-53)38-19-18-36(50-51-38)42(56)48-32-11-16-34(17-12-32)58-35-15-10-31(21-46)37(20-35)57-7/h26-39,41,43,49-52H,8-20,22-25H2,1-7H3,(H,48,56)/t26?,27-,28?,29?,30?,31?,32?,33?,34?,35?,36?,37?,38?,39?,41?,43?,44-,45+/m0/s1. The highest BCUT2D eigenvalue weighted by molar-refractivity contribution is 8.00.